The number of methoxy groups -OCH3 is 1. The molecular weight excluding hydrogens is 450 g/mol. The lowest BCUT2D eigenvalue weighted by Gasteiger charge is -2.22. The lowest BCUT2D eigenvalue weighted by atomic mass is 10.1. The van der Waals surface area contributed by atoms with Gasteiger partial charge in [-0.2, -0.15) is 0 Å². The molecule has 0 bridgehead atoms. The molecule has 1 N–H and O–H groups in total. The quantitative estimate of drug-likeness (QED) is 0.438. The van der Waals surface area contributed by atoms with Crippen molar-refractivity contribution in [2.75, 3.05) is 47.9 Å². The monoisotopic (exact) mass is 489 g/mol. The van der Waals surface area contributed by atoms with Gasteiger partial charge < -0.3 is 19.3 Å². The number of rotatable bonds is 13. The summed E-state index contributed by atoms with van der Waals surface area (Å²) in [6.45, 7) is 7.75. The Kier molecular flexibility index (Phi) is 11.2. The summed E-state index contributed by atoms with van der Waals surface area (Å²) in [5, 5.41) is 0. The van der Waals surface area contributed by atoms with Crippen LogP contribution in [0.15, 0.2) is 41.3 Å². The summed E-state index contributed by atoms with van der Waals surface area (Å²) in [5.41, 5.74) is 4.17. The van der Waals surface area contributed by atoms with Crippen molar-refractivity contribution in [3.8, 4) is 5.75 Å². The van der Waals surface area contributed by atoms with E-state index in [0.29, 0.717) is 13.1 Å². The molecule has 2 rings (SSSR count). The molecule has 0 aliphatic rings. The van der Waals surface area contributed by atoms with Crippen LogP contribution in [0.25, 0.3) is 0 Å². The molecule has 0 spiro atoms. The fraction of sp³-hybridized carbons (Fsp3) is 0.500. The van der Waals surface area contributed by atoms with Crippen molar-refractivity contribution in [2.24, 2.45) is 0 Å². The van der Waals surface area contributed by atoms with E-state index < -0.39 is 17.1 Å². The second kappa shape index (κ2) is 13.6. The van der Waals surface area contributed by atoms with Crippen LogP contribution in [-0.2, 0) is 33.5 Å². The summed E-state index contributed by atoms with van der Waals surface area (Å²) in [7, 11) is 6.16. The predicted molar refractivity (Wildman–Crippen MR) is 137 cm³/mol. The van der Waals surface area contributed by atoms with Crippen molar-refractivity contribution < 1.29 is 18.5 Å². The number of aryl methyl sites for hydroxylation is 2. The maximum Gasteiger partial charge on any atom is 0.251 e. The Balaban J connectivity index is 1.77. The van der Waals surface area contributed by atoms with Gasteiger partial charge in [0.25, 0.3) is 5.91 Å². The molecule has 0 aromatic heterocycles. The molecule has 0 saturated heterocycles. The van der Waals surface area contributed by atoms with Crippen molar-refractivity contribution in [2.45, 2.75) is 44.7 Å². The molecule has 7 nitrogen and oxygen atoms in total. The number of carbonyl (C=O) groups excluding carboxylic acids is 1. The van der Waals surface area contributed by atoms with Crippen LogP contribution in [0.4, 0.5) is 0 Å². The fourth-order valence-corrected chi connectivity index (χ4v) is 4.78. The van der Waals surface area contributed by atoms with Crippen LogP contribution in [0.2, 0.25) is 0 Å². The summed E-state index contributed by atoms with van der Waals surface area (Å²) in [6.07, 6.45) is 0.424. The number of carbonyl (C=O) groups is 1. The molecule has 188 valence electrons. The van der Waals surface area contributed by atoms with Gasteiger partial charge in [-0.05, 0) is 75.7 Å². The largest absolute Gasteiger partial charge is 0.497 e. The molecule has 2 aromatic carbocycles. The van der Waals surface area contributed by atoms with Gasteiger partial charge in [-0.25, -0.2) is 8.93 Å². The van der Waals surface area contributed by atoms with Gasteiger partial charge >= 0.3 is 0 Å². The highest BCUT2D eigenvalue weighted by atomic mass is 32.2. The third-order valence-electron chi connectivity index (χ3n) is 5.57. The molecule has 2 atom stereocenters. The SMILES string of the molecule is COc1cc(C)c(S(=O)NCCOC(C)C(=O)N(C)Cc2ccc(CCN(C)C)cc2)c(C)c1. The highest BCUT2D eigenvalue weighted by Gasteiger charge is 2.19. The van der Waals surface area contributed by atoms with E-state index in [2.05, 4.69) is 48.0 Å². The van der Waals surface area contributed by atoms with Gasteiger partial charge in [0.05, 0.1) is 18.6 Å². The van der Waals surface area contributed by atoms with E-state index in [4.69, 9.17) is 9.47 Å². The van der Waals surface area contributed by atoms with Crippen molar-refractivity contribution in [1.29, 1.82) is 0 Å². The summed E-state index contributed by atoms with van der Waals surface area (Å²) < 4.78 is 26.6. The van der Waals surface area contributed by atoms with Gasteiger partial charge in [-0.1, -0.05) is 24.3 Å². The number of nitrogens with one attached hydrogen (secondary N) is 1. The average molecular weight is 490 g/mol. The first-order valence-corrected chi connectivity index (χ1v) is 12.7. The highest BCUT2D eigenvalue weighted by Crippen LogP contribution is 2.23. The van der Waals surface area contributed by atoms with E-state index in [0.717, 1.165) is 40.3 Å². The Labute approximate surface area is 207 Å². The lowest BCUT2D eigenvalue weighted by Crippen LogP contribution is -2.37. The summed E-state index contributed by atoms with van der Waals surface area (Å²) in [5.74, 6) is 0.662. The minimum absolute atomic E-state index is 0.0837. The van der Waals surface area contributed by atoms with Crippen LogP contribution in [0.5, 0.6) is 5.75 Å². The molecule has 0 heterocycles. The third kappa shape index (κ3) is 8.51. The van der Waals surface area contributed by atoms with E-state index >= 15 is 0 Å². The molecule has 8 heteroatoms. The number of hydrogen-bond donors (Lipinski definition) is 1. The van der Waals surface area contributed by atoms with Crippen LogP contribution in [-0.4, -0.2) is 74.0 Å². The van der Waals surface area contributed by atoms with Gasteiger partial charge in [-0.3, -0.25) is 4.79 Å². The standard InChI is InChI=1S/C26H39N3O4S/c1-19-16-24(32-7)17-20(2)25(19)34(31)27-13-15-33-21(3)26(30)29(6)18-23-10-8-22(9-11-23)12-14-28(4)5/h8-11,16-17,21,27H,12-15,18H2,1-7H3. The van der Waals surface area contributed by atoms with Crippen LogP contribution in [0.1, 0.15) is 29.2 Å². The van der Waals surface area contributed by atoms with Crippen molar-refractivity contribution in [3.63, 3.8) is 0 Å². The van der Waals surface area contributed by atoms with Crippen LogP contribution in [0.3, 0.4) is 0 Å². The number of ether oxygens (including phenoxy) is 2. The zero-order chi connectivity index (χ0) is 25.3. The Bertz CT molecular complexity index is 940. The van der Waals surface area contributed by atoms with Gasteiger partial charge in [0, 0.05) is 26.7 Å². The molecule has 0 saturated carbocycles. The van der Waals surface area contributed by atoms with Crippen LogP contribution in [0, 0.1) is 13.8 Å². The predicted octanol–water partition coefficient (Wildman–Crippen LogP) is 3.09. The maximum absolute atomic E-state index is 12.7. The summed E-state index contributed by atoms with van der Waals surface area (Å²) in [6, 6.07) is 12.1. The van der Waals surface area contributed by atoms with E-state index in [9.17, 15) is 9.00 Å². The Hall–Kier alpha value is -2.26. The number of nitrogens with zero attached hydrogens (tertiary/aromatic N) is 2. The molecular formula is C26H39N3O4S. The molecule has 2 aromatic rings. The van der Waals surface area contributed by atoms with E-state index in [1.807, 2.05) is 26.0 Å². The first kappa shape index (κ1) is 28.0. The van der Waals surface area contributed by atoms with Gasteiger partial charge in [0.1, 0.15) is 22.8 Å². The van der Waals surface area contributed by atoms with Crippen molar-refractivity contribution in [3.05, 3.63) is 58.7 Å². The van der Waals surface area contributed by atoms with Crippen molar-refractivity contribution in [1.82, 2.24) is 14.5 Å². The second-order valence-electron chi connectivity index (χ2n) is 8.83. The molecule has 0 fully saturated rings. The highest BCUT2D eigenvalue weighted by molar-refractivity contribution is 7.83. The summed E-state index contributed by atoms with van der Waals surface area (Å²) in [4.78, 5) is 17.3. The number of hydrogen-bond acceptors (Lipinski definition) is 5. The topological polar surface area (TPSA) is 71.1 Å². The average Bonchev–Trinajstić information content (AvgIpc) is 2.80. The lowest BCUT2D eigenvalue weighted by molar-refractivity contribution is -0.141. The van der Waals surface area contributed by atoms with Crippen LogP contribution < -0.4 is 9.46 Å². The van der Waals surface area contributed by atoms with E-state index in [-0.39, 0.29) is 12.5 Å². The minimum Gasteiger partial charge on any atom is -0.497 e. The normalized spacial score (nSPS) is 13.1. The smallest absolute Gasteiger partial charge is 0.251 e. The minimum atomic E-state index is -1.37. The molecule has 34 heavy (non-hydrogen) atoms. The van der Waals surface area contributed by atoms with Gasteiger partial charge in [0.15, 0.2) is 0 Å². The number of amides is 1. The first-order valence-electron chi connectivity index (χ1n) is 11.5. The third-order valence-corrected chi connectivity index (χ3v) is 7.05. The number of likely N-dealkylation sites (N-methyl/N-ethyl adjacent to an activating group) is 2. The van der Waals surface area contributed by atoms with E-state index in [1.165, 1.54) is 5.56 Å². The Morgan fingerprint density at radius 1 is 1.06 bits per heavy atom. The van der Waals surface area contributed by atoms with Gasteiger partial charge in [-0.15, -0.1) is 0 Å². The molecule has 0 radical (unpaired) electrons. The molecule has 0 aliphatic carbocycles. The Morgan fingerprint density at radius 2 is 1.65 bits per heavy atom. The first-order chi connectivity index (χ1) is 16.1. The number of benzene rings is 2. The maximum atomic E-state index is 12.7. The molecule has 1 amide bonds. The Morgan fingerprint density at radius 3 is 2.21 bits per heavy atom. The van der Waals surface area contributed by atoms with Crippen LogP contribution >= 0.6 is 0 Å². The second-order valence-corrected chi connectivity index (χ2v) is 10.1. The zero-order valence-electron chi connectivity index (χ0n) is 21.5. The van der Waals surface area contributed by atoms with E-state index in [1.54, 1.807) is 26.0 Å². The fourth-order valence-electron chi connectivity index (χ4n) is 3.66. The zero-order valence-corrected chi connectivity index (χ0v) is 22.3. The van der Waals surface area contributed by atoms with Gasteiger partial charge in [0.2, 0.25) is 0 Å². The van der Waals surface area contributed by atoms with Crippen molar-refractivity contribution >= 4 is 16.9 Å². The molecule has 2 unspecified atom stereocenters. The molecule has 0 aliphatic heterocycles. The summed E-state index contributed by atoms with van der Waals surface area (Å²) >= 11 is 0.